The molecule has 1 unspecified atom stereocenters. The molecule has 0 aliphatic heterocycles. The topological polar surface area (TPSA) is 18.5 Å². The number of alkyl halides is 1. The van der Waals surface area contributed by atoms with Gasteiger partial charge in [0.05, 0.1) is 24.1 Å². The van der Waals surface area contributed by atoms with Crippen molar-refractivity contribution in [2.75, 3.05) is 14.2 Å². The first-order valence-corrected chi connectivity index (χ1v) is 7.83. The van der Waals surface area contributed by atoms with Gasteiger partial charge in [0.15, 0.2) is 0 Å². The lowest BCUT2D eigenvalue weighted by atomic mass is 9.99. The minimum atomic E-state index is -0.291. The summed E-state index contributed by atoms with van der Waals surface area (Å²) < 4.78 is 11.6. The summed E-state index contributed by atoms with van der Waals surface area (Å²) >= 11 is 10.1. The number of hydrogen-bond donors (Lipinski definition) is 0. The first-order chi connectivity index (χ1) is 9.97. The molecule has 2 aromatic carbocycles. The van der Waals surface area contributed by atoms with Crippen LogP contribution in [0.15, 0.2) is 34.8 Å². The summed E-state index contributed by atoms with van der Waals surface area (Å²) in [5.41, 5.74) is 4.41. The van der Waals surface area contributed by atoms with E-state index in [0.717, 1.165) is 27.1 Å². The average Bonchev–Trinajstić information content (AvgIpc) is 2.49. The molecular formula is C17H18BrClO2. The molecule has 4 heteroatoms. The largest absolute Gasteiger partial charge is 0.496 e. The summed E-state index contributed by atoms with van der Waals surface area (Å²) in [5, 5.41) is -0.291. The fourth-order valence-electron chi connectivity index (χ4n) is 2.18. The van der Waals surface area contributed by atoms with Crippen molar-refractivity contribution < 1.29 is 9.47 Å². The number of hydrogen-bond acceptors (Lipinski definition) is 2. The Labute approximate surface area is 139 Å². The maximum Gasteiger partial charge on any atom is 0.133 e. The number of ether oxygens (including phenoxy) is 2. The van der Waals surface area contributed by atoms with Gasteiger partial charge in [-0.2, -0.15) is 0 Å². The van der Waals surface area contributed by atoms with Crippen LogP contribution >= 0.6 is 27.5 Å². The maximum absolute atomic E-state index is 6.67. The smallest absolute Gasteiger partial charge is 0.133 e. The summed E-state index contributed by atoms with van der Waals surface area (Å²) in [6.07, 6.45) is 0. The molecule has 0 bridgehead atoms. The third-order valence-corrected chi connectivity index (χ3v) is 4.71. The van der Waals surface area contributed by atoms with Gasteiger partial charge in [-0.05, 0) is 58.6 Å². The Bertz CT molecular complexity index is 655. The number of aryl methyl sites for hydroxylation is 2. The number of rotatable bonds is 4. The summed E-state index contributed by atoms with van der Waals surface area (Å²) in [7, 11) is 3.28. The van der Waals surface area contributed by atoms with E-state index in [4.69, 9.17) is 21.1 Å². The molecule has 0 fully saturated rings. The van der Waals surface area contributed by atoms with Crippen molar-refractivity contribution in [2.24, 2.45) is 0 Å². The van der Waals surface area contributed by atoms with E-state index < -0.39 is 0 Å². The van der Waals surface area contributed by atoms with Crippen LogP contribution in [0.3, 0.4) is 0 Å². The molecule has 0 spiro atoms. The monoisotopic (exact) mass is 368 g/mol. The highest BCUT2D eigenvalue weighted by Gasteiger charge is 2.19. The summed E-state index contributed by atoms with van der Waals surface area (Å²) in [6.45, 7) is 4.17. The second kappa shape index (κ2) is 6.71. The molecule has 0 saturated heterocycles. The zero-order valence-corrected chi connectivity index (χ0v) is 14.9. The Hall–Kier alpha value is -1.19. The molecule has 0 N–H and O–H groups in total. The van der Waals surface area contributed by atoms with Crippen LogP contribution in [0.2, 0.25) is 0 Å². The Balaban J connectivity index is 2.50. The van der Waals surface area contributed by atoms with Crippen LogP contribution in [0.25, 0.3) is 0 Å². The molecule has 0 amide bonds. The van der Waals surface area contributed by atoms with Gasteiger partial charge < -0.3 is 9.47 Å². The van der Waals surface area contributed by atoms with Crippen LogP contribution in [-0.4, -0.2) is 14.2 Å². The summed E-state index contributed by atoms with van der Waals surface area (Å²) in [5.74, 6) is 1.47. The fraction of sp³-hybridized carbons (Fsp3) is 0.294. The van der Waals surface area contributed by atoms with Crippen molar-refractivity contribution >= 4 is 27.5 Å². The minimum absolute atomic E-state index is 0.291. The van der Waals surface area contributed by atoms with E-state index in [1.165, 1.54) is 11.1 Å². The van der Waals surface area contributed by atoms with Gasteiger partial charge in [-0.15, -0.1) is 11.6 Å². The molecule has 0 radical (unpaired) electrons. The Morgan fingerprint density at radius 1 is 0.952 bits per heavy atom. The quantitative estimate of drug-likeness (QED) is 0.671. The Morgan fingerprint density at radius 3 is 2.19 bits per heavy atom. The number of halogens is 2. The fourth-order valence-corrected chi connectivity index (χ4v) is 2.97. The van der Waals surface area contributed by atoms with Crippen molar-refractivity contribution in [3.63, 3.8) is 0 Å². The van der Waals surface area contributed by atoms with Crippen molar-refractivity contribution in [1.82, 2.24) is 0 Å². The standard InChI is InChI=1S/C17H18BrClO2/c1-10-5-6-12(7-11(10)2)17(19)13-8-16(21-4)14(18)9-15(13)20-3/h5-9,17H,1-4H3. The molecule has 0 aromatic heterocycles. The van der Waals surface area contributed by atoms with Crippen molar-refractivity contribution in [3.05, 3.63) is 57.1 Å². The Morgan fingerprint density at radius 2 is 1.62 bits per heavy atom. The number of methoxy groups -OCH3 is 2. The summed E-state index contributed by atoms with van der Waals surface area (Å²) in [4.78, 5) is 0. The zero-order valence-electron chi connectivity index (χ0n) is 12.5. The van der Waals surface area contributed by atoms with Crippen molar-refractivity contribution in [3.8, 4) is 11.5 Å². The van der Waals surface area contributed by atoms with Gasteiger partial charge in [0.2, 0.25) is 0 Å². The predicted molar refractivity (Wildman–Crippen MR) is 90.9 cm³/mol. The van der Waals surface area contributed by atoms with Crippen molar-refractivity contribution in [1.29, 1.82) is 0 Å². The van der Waals surface area contributed by atoms with E-state index >= 15 is 0 Å². The van der Waals surface area contributed by atoms with Gasteiger partial charge in [0.25, 0.3) is 0 Å². The van der Waals surface area contributed by atoms with Crippen molar-refractivity contribution in [2.45, 2.75) is 19.2 Å². The van der Waals surface area contributed by atoms with Gasteiger partial charge in [-0.25, -0.2) is 0 Å². The molecule has 0 aliphatic carbocycles. The molecule has 2 rings (SSSR count). The normalized spacial score (nSPS) is 12.1. The van der Waals surface area contributed by atoms with Gasteiger partial charge >= 0.3 is 0 Å². The highest BCUT2D eigenvalue weighted by atomic mass is 79.9. The van der Waals surface area contributed by atoms with E-state index in [2.05, 4.69) is 41.9 Å². The molecule has 0 aliphatic rings. The van der Waals surface area contributed by atoms with Crippen LogP contribution in [0.1, 0.15) is 27.6 Å². The van der Waals surface area contributed by atoms with Crippen LogP contribution in [0.5, 0.6) is 11.5 Å². The first kappa shape index (κ1) is 16.2. The molecular weight excluding hydrogens is 352 g/mol. The highest BCUT2D eigenvalue weighted by molar-refractivity contribution is 9.10. The average molecular weight is 370 g/mol. The van der Waals surface area contributed by atoms with Gasteiger partial charge in [0, 0.05) is 5.56 Å². The van der Waals surface area contributed by atoms with Gasteiger partial charge in [-0.1, -0.05) is 18.2 Å². The van der Waals surface area contributed by atoms with E-state index in [0.29, 0.717) is 0 Å². The van der Waals surface area contributed by atoms with Crippen LogP contribution in [-0.2, 0) is 0 Å². The summed E-state index contributed by atoms with van der Waals surface area (Å²) in [6, 6.07) is 10.0. The van der Waals surface area contributed by atoms with E-state index in [1.807, 2.05) is 18.2 Å². The van der Waals surface area contributed by atoms with Crippen LogP contribution < -0.4 is 9.47 Å². The van der Waals surface area contributed by atoms with E-state index in [1.54, 1.807) is 14.2 Å². The number of benzene rings is 2. The molecule has 2 nitrogen and oxygen atoms in total. The molecule has 0 heterocycles. The lowest BCUT2D eigenvalue weighted by Crippen LogP contribution is -2.00. The van der Waals surface area contributed by atoms with E-state index in [9.17, 15) is 0 Å². The molecule has 21 heavy (non-hydrogen) atoms. The zero-order chi connectivity index (χ0) is 15.6. The van der Waals surface area contributed by atoms with E-state index in [-0.39, 0.29) is 5.38 Å². The van der Waals surface area contributed by atoms with Crippen LogP contribution in [0.4, 0.5) is 0 Å². The van der Waals surface area contributed by atoms with Gasteiger partial charge in [0.1, 0.15) is 11.5 Å². The third-order valence-electron chi connectivity index (χ3n) is 3.60. The van der Waals surface area contributed by atoms with Gasteiger partial charge in [-0.3, -0.25) is 0 Å². The molecule has 2 aromatic rings. The molecule has 112 valence electrons. The maximum atomic E-state index is 6.67. The predicted octanol–water partition coefficient (Wildman–Crippen LogP) is 5.41. The minimum Gasteiger partial charge on any atom is -0.496 e. The SMILES string of the molecule is COc1cc(C(Cl)c2ccc(C)c(C)c2)c(OC)cc1Br. The molecule has 1 atom stereocenters. The second-order valence-electron chi connectivity index (χ2n) is 4.93. The van der Waals surface area contributed by atoms with Crippen LogP contribution in [0, 0.1) is 13.8 Å². The lowest BCUT2D eigenvalue weighted by Gasteiger charge is -2.17. The Kier molecular flexibility index (Phi) is 5.17. The molecule has 0 saturated carbocycles. The third kappa shape index (κ3) is 3.35. The second-order valence-corrected chi connectivity index (χ2v) is 6.23. The first-order valence-electron chi connectivity index (χ1n) is 6.60. The highest BCUT2D eigenvalue weighted by Crippen LogP contribution is 2.41. The lowest BCUT2D eigenvalue weighted by molar-refractivity contribution is 0.397.